The molecule has 2 aromatic rings. The Morgan fingerprint density at radius 1 is 1.57 bits per heavy atom. The van der Waals surface area contributed by atoms with Crippen molar-refractivity contribution in [3.8, 4) is 0 Å². The molecule has 0 radical (unpaired) electrons. The van der Waals surface area contributed by atoms with E-state index in [0.717, 1.165) is 0 Å². The van der Waals surface area contributed by atoms with Crippen LogP contribution >= 0.6 is 0 Å². The molecule has 114 valence electrons. The molecule has 1 saturated heterocycles. The van der Waals surface area contributed by atoms with E-state index in [-0.39, 0.29) is 11.2 Å². The lowest BCUT2D eigenvalue weighted by Crippen LogP contribution is -2.42. The molecule has 0 aromatic carbocycles. The molecule has 4 atom stereocenters. The van der Waals surface area contributed by atoms with E-state index in [4.69, 9.17) is 4.74 Å². The van der Waals surface area contributed by atoms with Gasteiger partial charge in [0.05, 0.1) is 38.0 Å². The molecule has 0 unspecified atom stereocenters. The summed E-state index contributed by atoms with van der Waals surface area (Å²) in [5.41, 5.74) is -1.36. The third kappa shape index (κ3) is 1.96. The van der Waals surface area contributed by atoms with E-state index < -0.39 is 42.7 Å². The molecule has 8 nitrogen and oxygen atoms in total. The zero-order valence-electron chi connectivity index (χ0n) is 11.2. The van der Waals surface area contributed by atoms with Gasteiger partial charge in [0.1, 0.15) is 11.8 Å². The zero-order valence-corrected chi connectivity index (χ0v) is 11.2. The Hall–Kier alpha value is -1.84. The Bertz CT molecular complexity index is 717. The van der Waals surface area contributed by atoms with Crippen LogP contribution in [0.2, 0.25) is 0 Å². The Labute approximate surface area is 118 Å². The summed E-state index contributed by atoms with van der Waals surface area (Å²) >= 11 is 0. The van der Waals surface area contributed by atoms with Crippen LogP contribution < -0.4 is 5.56 Å². The number of H-pyrrole nitrogens is 1. The van der Waals surface area contributed by atoms with Gasteiger partial charge in [0.25, 0.3) is 5.56 Å². The molecule has 1 aliphatic heterocycles. The summed E-state index contributed by atoms with van der Waals surface area (Å²) in [5.74, 6) is -0.888. The molecule has 0 saturated carbocycles. The highest BCUT2D eigenvalue weighted by Gasteiger charge is 2.52. The number of hydrogen-bond acceptors (Lipinski definition) is 6. The van der Waals surface area contributed by atoms with E-state index in [1.807, 2.05) is 0 Å². The Kier molecular flexibility index (Phi) is 3.27. The molecule has 0 aliphatic carbocycles. The Morgan fingerprint density at radius 3 is 3.00 bits per heavy atom. The number of imidazole rings is 1. The zero-order chi connectivity index (χ0) is 15.2. The van der Waals surface area contributed by atoms with Crippen LogP contribution in [0.3, 0.4) is 0 Å². The van der Waals surface area contributed by atoms with Crippen molar-refractivity contribution in [3.05, 3.63) is 23.0 Å². The molecule has 0 spiro atoms. The second-order valence-electron chi connectivity index (χ2n) is 5.30. The number of aromatic amines is 1. The van der Waals surface area contributed by atoms with Crippen LogP contribution in [-0.2, 0) is 4.74 Å². The maximum absolute atomic E-state index is 13.3. The van der Waals surface area contributed by atoms with E-state index >= 15 is 0 Å². The van der Waals surface area contributed by atoms with Crippen molar-refractivity contribution in [3.63, 3.8) is 0 Å². The number of nitrogens with zero attached hydrogens (tertiary/aromatic N) is 3. The smallest absolute Gasteiger partial charge is 0.278 e. The number of nitrogens with one attached hydrogen (secondary N) is 1. The average Bonchev–Trinajstić information content (AvgIpc) is 3.01. The molecule has 3 rings (SSSR count). The van der Waals surface area contributed by atoms with Gasteiger partial charge >= 0.3 is 0 Å². The van der Waals surface area contributed by atoms with Crippen LogP contribution in [0.25, 0.3) is 11.2 Å². The lowest BCUT2D eigenvalue weighted by Gasteiger charge is -2.25. The normalized spacial score (nSPS) is 32.9. The van der Waals surface area contributed by atoms with E-state index in [0.29, 0.717) is 0 Å². The van der Waals surface area contributed by atoms with Crippen molar-refractivity contribution >= 4 is 11.2 Å². The van der Waals surface area contributed by atoms with Gasteiger partial charge in [0.2, 0.25) is 0 Å². The maximum Gasteiger partial charge on any atom is 0.278 e. The van der Waals surface area contributed by atoms with E-state index in [1.54, 1.807) is 0 Å². The van der Waals surface area contributed by atoms with Crippen LogP contribution in [-0.4, -0.2) is 54.7 Å². The summed E-state index contributed by atoms with van der Waals surface area (Å²) in [5, 5.41) is 19.5. The minimum absolute atomic E-state index is 0.103. The number of ether oxygens (including phenoxy) is 1. The SMILES string of the molecule is C[C@]1(CO)O[C@@H](n2cnc3c(=O)[nH]cnc32)[C@H](CF)[C@@H]1O. The number of aliphatic hydroxyl groups is 2. The maximum atomic E-state index is 13.3. The Morgan fingerprint density at radius 2 is 2.33 bits per heavy atom. The van der Waals surface area contributed by atoms with Crippen molar-refractivity contribution in [2.45, 2.75) is 24.9 Å². The lowest BCUT2D eigenvalue weighted by molar-refractivity contribution is -0.115. The molecular formula is C12H15FN4O4. The number of halogens is 1. The molecule has 1 aliphatic rings. The van der Waals surface area contributed by atoms with Gasteiger partial charge in [-0.2, -0.15) is 0 Å². The summed E-state index contributed by atoms with van der Waals surface area (Å²) in [4.78, 5) is 22.0. The van der Waals surface area contributed by atoms with Crippen molar-refractivity contribution < 1.29 is 19.3 Å². The number of fused-ring (bicyclic) bond motifs is 1. The van der Waals surface area contributed by atoms with E-state index in [9.17, 15) is 19.4 Å². The molecule has 3 N–H and O–H groups in total. The molecule has 1 fully saturated rings. The molecule has 0 bridgehead atoms. The summed E-state index contributed by atoms with van der Waals surface area (Å²) in [6, 6.07) is 0. The fourth-order valence-corrected chi connectivity index (χ4v) is 2.65. The van der Waals surface area contributed by atoms with Gasteiger partial charge in [-0.05, 0) is 6.92 Å². The lowest BCUT2D eigenvalue weighted by atomic mass is 9.92. The Balaban J connectivity index is 2.10. The minimum atomic E-state index is -1.28. The quantitative estimate of drug-likeness (QED) is 0.693. The van der Waals surface area contributed by atoms with Gasteiger partial charge in [0, 0.05) is 0 Å². The first-order valence-electron chi connectivity index (χ1n) is 6.45. The third-order valence-electron chi connectivity index (χ3n) is 3.92. The number of hydrogen-bond donors (Lipinski definition) is 3. The molecule has 0 amide bonds. The fraction of sp³-hybridized carbons (Fsp3) is 0.583. The van der Waals surface area contributed by atoms with Crippen LogP contribution in [0, 0.1) is 5.92 Å². The average molecular weight is 298 g/mol. The van der Waals surface area contributed by atoms with E-state index in [2.05, 4.69) is 15.0 Å². The predicted molar refractivity (Wildman–Crippen MR) is 69.2 cm³/mol. The number of rotatable bonds is 3. The molecule has 9 heteroatoms. The first kappa shape index (κ1) is 14.1. The predicted octanol–water partition coefficient (Wildman–Crippen LogP) is -0.654. The summed E-state index contributed by atoms with van der Waals surface area (Å²) in [7, 11) is 0. The standard InChI is InChI=1S/C12H15FN4O4/c1-12(3-18)8(19)6(2-13)11(21-12)17-5-16-7-9(17)14-4-15-10(7)20/h4-6,8,11,18-19H,2-3H2,1H3,(H,14,15,20)/t6-,8+,11-,12-/m1/s1. The molecule has 21 heavy (non-hydrogen) atoms. The second kappa shape index (κ2) is 4.86. The minimum Gasteiger partial charge on any atom is -0.393 e. The van der Waals surface area contributed by atoms with E-state index in [1.165, 1.54) is 24.1 Å². The number of aliphatic hydroxyl groups excluding tert-OH is 2. The second-order valence-corrected chi connectivity index (χ2v) is 5.30. The summed E-state index contributed by atoms with van der Waals surface area (Å²) < 4.78 is 20.3. The van der Waals surface area contributed by atoms with Gasteiger partial charge in [-0.15, -0.1) is 0 Å². The largest absolute Gasteiger partial charge is 0.393 e. The highest BCUT2D eigenvalue weighted by molar-refractivity contribution is 5.68. The van der Waals surface area contributed by atoms with Crippen molar-refractivity contribution in [2.75, 3.05) is 13.3 Å². The van der Waals surface area contributed by atoms with Gasteiger partial charge in [-0.3, -0.25) is 13.8 Å². The highest BCUT2D eigenvalue weighted by Crippen LogP contribution is 2.42. The monoisotopic (exact) mass is 298 g/mol. The van der Waals surface area contributed by atoms with Gasteiger partial charge < -0.3 is 19.9 Å². The van der Waals surface area contributed by atoms with Crippen LogP contribution in [0.5, 0.6) is 0 Å². The van der Waals surface area contributed by atoms with Crippen molar-refractivity contribution in [1.29, 1.82) is 0 Å². The van der Waals surface area contributed by atoms with Gasteiger partial charge in [-0.1, -0.05) is 0 Å². The fourth-order valence-electron chi connectivity index (χ4n) is 2.65. The van der Waals surface area contributed by atoms with Gasteiger partial charge in [0.15, 0.2) is 11.2 Å². The van der Waals surface area contributed by atoms with Crippen LogP contribution in [0.1, 0.15) is 13.2 Å². The number of aromatic nitrogens is 4. The van der Waals surface area contributed by atoms with Crippen LogP contribution in [0.15, 0.2) is 17.4 Å². The molecular weight excluding hydrogens is 283 g/mol. The molecule has 3 heterocycles. The topological polar surface area (TPSA) is 113 Å². The first-order valence-corrected chi connectivity index (χ1v) is 6.45. The summed E-state index contributed by atoms with van der Waals surface area (Å²) in [6.45, 7) is 0.200. The van der Waals surface area contributed by atoms with Gasteiger partial charge in [-0.25, -0.2) is 9.97 Å². The van der Waals surface area contributed by atoms with Crippen LogP contribution in [0.4, 0.5) is 4.39 Å². The van der Waals surface area contributed by atoms with Crippen molar-refractivity contribution in [1.82, 2.24) is 19.5 Å². The third-order valence-corrected chi connectivity index (χ3v) is 3.92. The van der Waals surface area contributed by atoms with Crippen molar-refractivity contribution in [2.24, 2.45) is 5.92 Å². The highest BCUT2D eigenvalue weighted by atomic mass is 19.1. The summed E-state index contributed by atoms with van der Waals surface area (Å²) in [6.07, 6.45) is 0.443. The number of alkyl halides is 1. The first-order chi connectivity index (χ1) is 10.0. The molecule has 2 aromatic heterocycles.